The molecule has 6 nitrogen and oxygen atoms in total. The maximum Gasteiger partial charge on any atom is 0.242 e. The SMILES string of the molecule is CCN1CCN(C(=O)CN(C(C)=O)c2ccccc2OC)CC1. The van der Waals surface area contributed by atoms with Gasteiger partial charge in [0.05, 0.1) is 12.8 Å². The van der Waals surface area contributed by atoms with Gasteiger partial charge in [-0.25, -0.2) is 0 Å². The fraction of sp³-hybridized carbons (Fsp3) is 0.529. The first kappa shape index (κ1) is 17.3. The van der Waals surface area contributed by atoms with Gasteiger partial charge in [0, 0.05) is 33.1 Å². The zero-order valence-corrected chi connectivity index (χ0v) is 14.1. The maximum absolute atomic E-state index is 12.6. The number of ether oxygens (including phenoxy) is 1. The van der Waals surface area contributed by atoms with E-state index in [2.05, 4.69) is 11.8 Å². The molecule has 6 heteroatoms. The third-order valence-electron chi connectivity index (χ3n) is 4.22. The minimum atomic E-state index is -0.171. The molecule has 0 atom stereocenters. The van der Waals surface area contributed by atoms with Gasteiger partial charge in [-0.3, -0.25) is 14.5 Å². The molecule has 0 bridgehead atoms. The van der Waals surface area contributed by atoms with E-state index >= 15 is 0 Å². The van der Waals surface area contributed by atoms with Gasteiger partial charge in [-0.15, -0.1) is 0 Å². The molecular formula is C17H25N3O3. The number of piperazine rings is 1. The van der Waals surface area contributed by atoms with Crippen LogP contribution in [0, 0.1) is 0 Å². The molecule has 1 aliphatic rings. The molecule has 0 N–H and O–H groups in total. The van der Waals surface area contributed by atoms with Crippen LogP contribution in [0.4, 0.5) is 5.69 Å². The number of rotatable bonds is 5. The highest BCUT2D eigenvalue weighted by atomic mass is 16.5. The van der Waals surface area contributed by atoms with Crippen molar-refractivity contribution in [2.75, 3.05) is 51.3 Å². The molecule has 2 rings (SSSR count). The van der Waals surface area contributed by atoms with Gasteiger partial charge in [0.25, 0.3) is 0 Å². The quantitative estimate of drug-likeness (QED) is 0.819. The second-order valence-electron chi connectivity index (χ2n) is 5.59. The van der Waals surface area contributed by atoms with Crippen LogP contribution in [-0.2, 0) is 9.59 Å². The molecule has 0 aromatic heterocycles. The lowest BCUT2D eigenvalue weighted by Gasteiger charge is -2.35. The predicted octanol–water partition coefficient (Wildman–Crippen LogP) is 1.21. The van der Waals surface area contributed by atoms with Gasteiger partial charge in [-0.1, -0.05) is 19.1 Å². The number of hydrogen-bond donors (Lipinski definition) is 0. The topological polar surface area (TPSA) is 53.1 Å². The van der Waals surface area contributed by atoms with Crippen LogP contribution in [0.25, 0.3) is 0 Å². The molecule has 1 aliphatic heterocycles. The number of nitrogens with zero attached hydrogens (tertiary/aromatic N) is 3. The van der Waals surface area contributed by atoms with Crippen molar-refractivity contribution in [2.45, 2.75) is 13.8 Å². The lowest BCUT2D eigenvalue weighted by molar-refractivity contribution is -0.132. The van der Waals surface area contributed by atoms with E-state index in [1.807, 2.05) is 17.0 Å². The summed E-state index contributed by atoms with van der Waals surface area (Å²) in [5.41, 5.74) is 0.628. The summed E-state index contributed by atoms with van der Waals surface area (Å²) in [4.78, 5) is 30.2. The Bertz CT molecular complexity index is 554. The van der Waals surface area contributed by atoms with Crippen LogP contribution in [0.1, 0.15) is 13.8 Å². The highest BCUT2D eigenvalue weighted by molar-refractivity contribution is 5.98. The van der Waals surface area contributed by atoms with Gasteiger partial charge in [0.15, 0.2) is 0 Å². The van der Waals surface area contributed by atoms with E-state index in [0.717, 1.165) is 19.6 Å². The zero-order valence-electron chi connectivity index (χ0n) is 14.1. The normalized spacial score (nSPS) is 15.3. The molecular weight excluding hydrogens is 294 g/mol. The Balaban J connectivity index is 2.08. The van der Waals surface area contributed by atoms with E-state index in [1.54, 1.807) is 19.2 Å². The highest BCUT2D eigenvalue weighted by Gasteiger charge is 2.25. The number of carbonyl (C=O) groups is 2. The average Bonchev–Trinajstić information content (AvgIpc) is 2.59. The lowest BCUT2D eigenvalue weighted by atomic mass is 10.2. The first-order valence-electron chi connectivity index (χ1n) is 7.98. The third-order valence-corrected chi connectivity index (χ3v) is 4.22. The summed E-state index contributed by atoms with van der Waals surface area (Å²) in [5.74, 6) is 0.392. The van der Waals surface area contributed by atoms with Crippen LogP contribution in [0.3, 0.4) is 0 Å². The summed E-state index contributed by atoms with van der Waals surface area (Å²) in [5, 5.41) is 0. The lowest BCUT2D eigenvalue weighted by Crippen LogP contribution is -2.51. The number of para-hydroxylation sites is 2. The summed E-state index contributed by atoms with van der Waals surface area (Å²) in [6, 6.07) is 7.25. The molecule has 0 radical (unpaired) electrons. The van der Waals surface area contributed by atoms with Gasteiger partial charge in [0.2, 0.25) is 11.8 Å². The Morgan fingerprint density at radius 2 is 1.83 bits per heavy atom. The third kappa shape index (κ3) is 4.22. The summed E-state index contributed by atoms with van der Waals surface area (Å²) in [6.45, 7) is 7.83. The molecule has 1 saturated heterocycles. The number of hydrogen-bond acceptors (Lipinski definition) is 4. The Morgan fingerprint density at radius 1 is 1.17 bits per heavy atom. The van der Waals surface area contributed by atoms with E-state index in [4.69, 9.17) is 4.74 Å². The van der Waals surface area contributed by atoms with E-state index in [-0.39, 0.29) is 18.4 Å². The van der Waals surface area contributed by atoms with Crippen molar-refractivity contribution in [3.8, 4) is 5.75 Å². The molecule has 1 aromatic carbocycles. The first-order valence-corrected chi connectivity index (χ1v) is 7.98. The zero-order chi connectivity index (χ0) is 16.8. The van der Waals surface area contributed by atoms with E-state index in [9.17, 15) is 9.59 Å². The summed E-state index contributed by atoms with van der Waals surface area (Å²) in [6.07, 6.45) is 0. The molecule has 1 heterocycles. The Kier molecular flexibility index (Phi) is 5.98. The fourth-order valence-electron chi connectivity index (χ4n) is 2.77. The van der Waals surface area contributed by atoms with Crippen LogP contribution in [0.2, 0.25) is 0 Å². The van der Waals surface area contributed by atoms with Crippen LogP contribution >= 0.6 is 0 Å². The minimum absolute atomic E-state index is 0.0261. The van der Waals surface area contributed by atoms with E-state index in [1.165, 1.54) is 11.8 Å². The predicted molar refractivity (Wildman–Crippen MR) is 89.7 cm³/mol. The summed E-state index contributed by atoms with van der Waals surface area (Å²) >= 11 is 0. The molecule has 2 amide bonds. The largest absolute Gasteiger partial charge is 0.495 e. The monoisotopic (exact) mass is 319 g/mol. The van der Waals surface area contributed by atoms with Crippen LogP contribution < -0.4 is 9.64 Å². The molecule has 23 heavy (non-hydrogen) atoms. The second-order valence-corrected chi connectivity index (χ2v) is 5.59. The van der Waals surface area contributed by atoms with Crippen LogP contribution in [0.5, 0.6) is 5.75 Å². The van der Waals surface area contributed by atoms with Gasteiger partial charge >= 0.3 is 0 Å². The molecule has 1 fully saturated rings. The summed E-state index contributed by atoms with van der Waals surface area (Å²) in [7, 11) is 1.56. The van der Waals surface area contributed by atoms with Crippen molar-refractivity contribution < 1.29 is 14.3 Å². The first-order chi connectivity index (χ1) is 11.1. The summed E-state index contributed by atoms with van der Waals surface area (Å²) < 4.78 is 5.31. The number of likely N-dealkylation sites (N-methyl/N-ethyl adjacent to an activating group) is 1. The van der Waals surface area contributed by atoms with Crippen molar-refractivity contribution >= 4 is 17.5 Å². The van der Waals surface area contributed by atoms with Gasteiger partial charge in [-0.05, 0) is 18.7 Å². The molecule has 0 saturated carbocycles. The fourth-order valence-corrected chi connectivity index (χ4v) is 2.77. The van der Waals surface area contributed by atoms with Crippen molar-refractivity contribution in [3.63, 3.8) is 0 Å². The van der Waals surface area contributed by atoms with Gasteiger partial charge in [-0.2, -0.15) is 0 Å². The maximum atomic E-state index is 12.6. The van der Waals surface area contributed by atoms with E-state index < -0.39 is 0 Å². The Labute approximate surface area is 137 Å². The van der Waals surface area contributed by atoms with Gasteiger partial charge < -0.3 is 14.5 Å². The molecule has 0 spiro atoms. The smallest absolute Gasteiger partial charge is 0.242 e. The number of methoxy groups -OCH3 is 1. The van der Waals surface area contributed by atoms with Gasteiger partial charge in [0.1, 0.15) is 12.3 Å². The van der Waals surface area contributed by atoms with E-state index in [0.29, 0.717) is 24.5 Å². The average molecular weight is 319 g/mol. The van der Waals surface area contributed by atoms with Crippen molar-refractivity contribution in [1.29, 1.82) is 0 Å². The Hall–Kier alpha value is -2.08. The molecule has 0 aliphatic carbocycles. The van der Waals surface area contributed by atoms with Crippen LogP contribution in [-0.4, -0.2) is 68.0 Å². The minimum Gasteiger partial charge on any atom is -0.495 e. The highest BCUT2D eigenvalue weighted by Crippen LogP contribution is 2.27. The number of benzene rings is 1. The van der Waals surface area contributed by atoms with Crippen molar-refractivity contribution in [3.05, 3.63) is 24.3 Å². The van der Waals surface area contributed by atoms with Crippen molar-refractivity contribution in [1.82, 2.24) is 9.80 Å². The molecule has 126 valence electrons. The molecule has 0 unspecified atom stereocenters. The number of anilines is 1. The Morgan fingerprint density at radius 3 is 2.39 bits per heavy atom. The number of carbonyl (C=O) groups excluding carboxylic acids is 2. The van der Waals surface area contributed by atoms with Crippen LogP contribution in [0.15, 0.2) is 24.3 Å². The second kappa shape index (κ2) is 7.97. The number of amides is 2. The standard InChI is InChI=1S/C17H25N3O3/c1-4-18-9-11-19(12-10-18)17(22)13-20(14(2)21)15-7-5-6-8-16(15)23-3/h5-8H,4,9-13H2,1-3H3. The van der Waals surface area contributed by atoms with Crippen molar-refractivity contribution in [2.24, 2.45) is 0 Å². The molecule has 1 aromatic rings.